The Labute approximate surface area is 36.2 Å². The van der Waals surface area contributed by atoms with E-state index in [9.17, 15) is 9.36 Å². The number of hydrogen-bond acceptors (Lipinski definition) is 3. The van der Waals surface area contributed by atoms with Crippen LogP contribution < -0.4 is 0 Å². The minimum Gasteiger partial charge on any atom is -0.374 e. The second-order valence-electron chi connectivity index (χ2n) is 0.655. The summed E-state index contributed by atoms with van der Waals surface area (Å²) < 4.78 is 9.35. The van der Waals surface area contributed by atoms with Crippen LogP contribution in [0.25, 0.3) is 0 Å². The van der Waals surface area contributed by atoms with Crippen LogP contribution in [-0.4, -0.2) is 17.2 Å². The van der Waals surface area contributed by atoms with Crippen LogP contribution in [0.2, 0.25) is 0 Å². The van der Waals surface area contributed by atoms with Crippen molar-refractivity contribution in [1.29, 1.82) is 0 Å². The van der Waals surface area contributed by atoms with Gasteiger partial charge in [-0.1, -0.05) is 0 Å². The minimum absolute atomic E-state index is 0.203. The van der Waals surface area contributed by atoms with Crippen molar-refractivity contribution in [2.45, 2.75) is 5.85 Å². The maximum absolute atomic E-state index is 9.35. The Kier molecular flexibility index (Phi) is 2.81. The van der Waals surface area contributed by atoms with Crippen LogP contribution in [0.1, 0.15) is 0 Å². The Morgan fingerprint density at radius 1 is 1.83 bits per heavy atom. The Morgan fingerprint density at radius 3 is 2.33 bits per heavy atom. The van der Waals surface area contributed by atoms with Gasteiger partial charge < -0.3 is 5.11 Å². The lowest BCUT2D eigenvalue weighted by atomic mass is 10.8. The highest BCUT2D eigenvalue weighted by Crippen LogP contribution is 1.94. The maximum Gasteiger partial charge on any atom is 0.195 e. The third-order valence-electron chi connectivity index (χ3n) is 0.230. The molecule has 0 heterocycles. The van der Waals surface area contributed by atoms with Crippen LogP contribution in [0, 0.1) is 0 Å². The van der Waals surface area contributed by atoms with Crippen LogP contribution in [0.15, 0.2) is 0 Å². The molecule has 0 spiro atoms. The van der Waals surface area contributed by atoms with E-state index >= 15 is 0 Å². The smallest absolute Gasteiger partial charge is 0.195 e. The number of aliphatic hydroxyl groups is 1. The van der Waals surface area contributed by atoms with Gasteiger partial charge in [-0.15, -0.1) is 0 Å². The molecule has 34 valence electrons. The number of carbonyl (C=O) groups excluding carboxylic acids is 1. The molecule has 0 saturated heterocycles. The van der Waals surface area contributed by atoms with Gasteiger partial charge in [0.25, 0.3) is 0 Å². The topological polar surface area (TPSA) is 54.4 Å². The van der Waals surface area contributed by atoms with E-state index in [-0.39, 0.29) is 6.29 Å². The SMILES string of the molecule is O=CC(O)P=O. The van der Waals surface area contributed by atoms with Gasteiger partial charge in [-0.2, -0.15) is 0 Å². The molecule has 1 unspecified atom stereocenters. The Bertz CT molecular complexity index is 53.8. The molecule has 1 atom stereocenters. The molecule has 0 radical (unpaired) electrons. The first kappa shape index (κ1) is 5.73. The van der Waals surface area contributed by atoms with E-state index in [0.29, 0.717) is 0 Å². The average Bonchev–Trinajstić information content (AvgIpc) is 1.65. The molecule has 4 heteroatoms. The lowest BCUT2D eigenvalue weighted by Gasteiger charge is -1.77. The van der Waals surface area contributed by atoms with E-state index in [1.165, 1.54) is 0 Å². The quantitative estimate of drug-likeness (QED) is 0.391. The minimum atomic E-state index is -1.33. The highest BCUT2D eigenvalue weighted by atomic mass is 31.1. The molecule has 0 amide bonds. The van der Waals surface area contributed by atoms with Gasteiger partial charge in [-0.3, -0.25) is 9.36 Å². The summed E-state index contributed by atoms with van der Waals surface area (Å²) in [6, 6.07) is 0. The van der Waals surface area contributed by atoms with E-state index in [4.69, 9.17) is 5.11 Å². The number of aldehydes is 1. The fourth-order valence-electron chi connectivity index (χ4n) is 0.0248. The highest BCUT2D eigenvalue weighted by molar-refractivity contribution is 7.25. The number of aliphatic hydroxyl groups excluding tert-OH is 1. The van der Waals surface area contributed by atoms with Crippen molar-refractivity contribution < 1.29 is 14.5 Å². The van der Waals surface area contributed by atoms with Gasteiger partial charge in [-0.25, -0.2) is 0 Å². The third kappa shape index (κ3) is 2.00. The second-order valence-corrected chi connectivity index (χ2v) is 1.40. The molecule has 0 saturated carbocycles. The van der Waals surface area contributed by atoms with Crippen molar-refractivity contribution >= 4 is 14.7 Å². The lowest BCUT2D eigenvalue weighted by molar-refractivity contribution is -0.111. The number of rotatable bonds is 2. The molecule has 0 aromatic rings. The number of carbonyl (C=O) groups is 1. The van der Waals surface area contributed by atoms with Gasteiger partial charge in [0.05, 0.1) is 0 Å². The summed E-state index contributed by atoms with van der Waals surface area (Å²) in [5.41, 5.74) is 0. The fraction of sp³-hybridized carbons (Fsp3) is 0.500. The maximum atomic E-state index is 9.35. The van der Waals surface area contributed by atoms with Gasteiger partial charge in [0, 0.05) is 0 Å². The summed E-state index contributed by atoms with van der Waals surface area (Å²) in [4.78, 5) is 9.28. The lowest BCUT2D eigenvalue weighted by Crippen LogP contribution is -1.93. The fourth-order valence-corrected chi connectivity index (χ4v) is 0.0745. The molecule has 0 aliphatic carbocycles. The van der Waals surface area contributed by atoms with Crippen molar-refractivity contribution in [3.05, 3.63) is 0 Å². The van der Waals surface area contributed by atoms with Gasteiger partial charge in [0.15, 0.2) is 20.6 Å². The van der Waals surface area contributed by atoms with Gasteiger partial charge >= 0.3 is 0 Å². The van der Waals surface area contributed by atoms with Crippen molar-refractivity contribution in [2.24, 2.45) is 0 Å². The first-order valence-corrected chi connectivity index (χ1v) is 2.15. The molecular weight excluding hydrogens is 103 g/mol. The Balaban J connectivity index is 3.21. The molecule has 0 aromatic carbocycles. The Hall–Kier alpha value is -0.270. The molecule has 0 fully saturated rings. The summed E-state index contributed by atoms with van der Waals surface area (Å²) in [6.45, 7) is 0. The van der Waals surface area contributed by atoms with Gasteiger partial charge in [0.2, 0.25) is 0 Å². The zero-order chi connectivity index (χ0) is 4.99. The van der Waals surface area contributed by atoms with Crippen molar-refractivity contribution in [1.82, 2.24) is 0 Å². The monoisotopic (exact) mass is 106 g/mol. The van der Waals surface area contributed by atoms with E-state index in [1.807, 2.05) is 0 Å². The summed E-state index contributed by atoms with van der Waals surface area (Å²) in [5.74, 6) is -1.33. The predicted molar refractivity (Wildman–Crippen MR) is 19.7 cm³/mol. The van der Waals surface area contributed by atoms with Crippen LogP contribution in [-0.2, 0) is 9.36 Å². The van der Waals surface area contributed by atoms with Gasteiger partial charge in [0.1, 0.15) is 0 Å². The van der Waals surface area contributed by atoms with Gasteiger partial charge in [-0.05, 0) is 0 Å². The van der Waals surface area contributed by atoms with Crippen LogP contribution in [0.5, 0.6) is 0 Å². The molecule has 0 aromatic heterocycles. The molecule has 0 aliphatic heterocycles. The summed E-state index contributed by atoms with van der Waals surface area (Å²) in [7, 11) is -0.534. The average molecular weight is 106 g/mol. The van der Waals surface area contributed by atoms with Crippen LogP contribution in [0.3, 0.4) is 0 Å². The third-order valence-corrected chi connectivity index (χ3v) is 0.567. The summed E-state index contributed by atoms with van der Waals surface area (Å²) >= 11 is 0. The number of hydrogen-bond donors (Lipinski definition) is 1. The largest absolute Gasteiger partial charge is 0.374 e. The van der Waals surface area contributed by atoms with Crippen LogP contribution >= 0.6 is 8.46 Å². The first-order chi connectivity index (χ1) is 2.81. The molecule has 1 N–H and O–H groups in total. The summed E-state index contributed by atoms with van der Waals surface area (Å²) in [6.07, 6.45) is 0.203. The predicted octanol–water partition coefficient (Wildman–Crippen LogP) is -0.205. The normalized spacial score (nSPS) is 14.2. The zero-order valence-corrected chi connectivity index (χ0v) is 3.76. The highest BCUT2D eigenvalue weighted by Gasteiger charge is 1.93. The van der Waals surface area contributed by atoms with E-state index < -0.39 is 14.3 Å². The van der Waals surface area contributed by atoms with E-state index in [2.05, 4.69) is 0 Å². The molecule has 0 rings (SSSR count). The van der Waals surface area contributed by atoms with Crippen LogP contribution in [0.4, 0.5) is 0 Å². The van der Waals surface area contributed by atoms with Crippen molar-refractivity contribution in [3.63, 3.8) is 0 Å². The summed E-state index contributed by atoms with van der Waals surface area (Å²) in [5, 5.41) is 7.97. The van der Waals surface area contributed by atoms with Crippen molar-refractivity contribution in [3.8, 4) is 0 Å². The molecule has 3 nitrogen and oxygen atoms in total. The van der Waals surface area contributed by atoms with E-state index in [0.717, 1.165) is 0 Å². The molecule has 6 heavy (non-hydrogen) atoms. The molecular formula is C2H3O3P. The van der Waals surface area contributed by atoms with Crippen molar-refractivity contribution in [2.75, 3.05) is 0 Å². The molecule has 0 bridgehead atoms. The zero-order valence-electron chi connectivity index (χ0n) is 2.87. The standard InChI is InChI=1S/C2H3O3P/c3-1-2(4)6-5/h1-2,4H. The molecule has 0 aliphatic rings. The Morgan fingerprint density at radius 2 is 2.33 bits per heavy atom. The first-order valence-electron chi connectivity index (χ1n) is 1.27. The second kappa shape index (κ2) is 2.94. The van der Waals surface area contributed by atoms with E-state index in [1.54, 1.807) is 0 Å².